The van der Waals surface area contributed by atoms with Crippen molar-refractivity contribution in [1.29, 1.82) is 0 Å². The number of nitrogens with zero attached hydrogens (tertiary/aromatic N) is 1. The zero-order valence-corrected chi connectivity index (χ0v) is 17.5. The lowest BCUT2D eigenvalue weighted by atomic mass is 9.95. The SMILES string of the molecule is COc1ccc(C(O)=C2C(=O)C(=O)N(CCCCCC(=O)[O-])C2c2ccc(F)cc2)cc1. The molecule has 1 heterocycles. The molecule has 8 heteroatoms. The highest BCUT2D eigenvalue weighted by molar-refractivity contribution is 6.46. The summed E-state index contributed by atoms with van der Waals surface area (Å²) in [4.78, 5) is 37.6. The third-order valence-electron chi connectivity index (χ3n) is 5.37. The van der Waals surface area contributed by atoms with Gasteiger partial charge < -0.3 is 24.6 Å². The number of hydrogen-bond donors (Lipinski definition) is 1. The number of likely N-dealkylation sites (tertiary alicyclic amines) is 1. The number of halogens is 1. The molecule has 1 aliphatic heterocycles. The van der Waals surface area contributed by atoms with E-state index in [1.165, 1.54) is 36.3 Å². The van der Waals surface area contributed by atoms with Crippen molar-refractivity contribution in [2.45, 2.75) is 31.7 Å². The highest BCUT2D eigenvalue weighted by Gasteiger charge is 2.45. The van der Waals surface area contributed by atoms with E-state index in [1.54, 1.807) is 24.3 Å². The van der Waals surface area contributed by atoms with E-state index in [-0.39, 0.29) is 24.3 Å². The third-order valence-corrected chi connectivity index (χ3v) is 5.37. The van der Waals surface area contributed by atoms with Gasteiger partial charge in [0.05, 0.1) is 18.7 Å². The van der Waals surface area contributed by atoms with E-state index in [0.717, 1.165) is 0 Å². The number of aliphatic carboxylic acids is 1. The van der Waals surface area contributed by atoms with Crippen molar-refractivity contribution < 1.29 is 33.7 Å². The second-order valence-corrected chi connectivity index (χ2v) is 7.46. The van der Waals surface area contributed by atoms with E-state index in [1.807, 2.05) is 0 Å². The monoisotopic (exact) mass is 440 g/mol. The number of methoxy groups -OCH3 is 1. The summed E-state index contributed by atoms with van der Waals surface area (Å²) in [6.45, 7) is 0.180. The summed E-state index contributed by atoms with van der Waals surface area (Å²) in [5.41, 5.74) is 0.738. The first-order valence-electron chi connectivity index (χ1n) is 10.2. The number of amides is 1. The minimum Gasteiger partial charge on any atom is -0.550 e. The van der Waals surface area contributed by atoms with Crippen LogP contribution in [0.1, 0.15) is 42.9 Å². The Morgan fingerprint density at radius 3 is 2.31 bits per heavy atom. The fraction of sp³-hybridized carbons (Fsp3) is 0.292. The summed E-state index contributed by atoms with van der Waals surface area (Å²) in [7, 11) is 1.50. The number of hydrogen-bond acceptors (Lipinski definition) is 6. The average molecular weight is 440 g/mol. The lowest BCUT2D eigenvalue weighted by Crippen LogP contribution is -2.30. The van der Waals surface area contributed by atoms with Crippen molar-refractivity contribution in [3.05, 3.63) is 71.0 Å². The predicted molar refractivity (Wildman–Crippen MR) is 112 cm³/mol. The molecule has 0 bridgehead atoms. The Kier molecular flexibility index (Phi) is 7.25. The third kappa shape index (κ3) is 4.96. The minimum absolute atomic E-state index is 0.0819. The number of aliphatic hydroxyl groups excluding tert-OH is 1. The number of carbonyl (C=O) groups is 3. The van der Waals surface area contributed by atoms with Gasteiger partial charge in [-0.15, -0.1) is 0 Å². The molecular formula is C24H23FNO6-. The standard InChI is InChI=1S/C24H24FNO6/c1-32-18-12-8-16(9-13-18)22(29)20-21(15-6-10-17(25)11-7-15)26(24(31)23(20)30)14-4-2-3-5-19(27)28/h6-13,21,29H,2-5,14H2,1H3,(H,27,28)/p-1. The van der Waals surface area contributed by atoms with Crippen LogP contribution in [0.25, 0.3) is 5.76 Å². The van der Waals surface area contributed by atoms with Gasteiger partial charge in [-0.3, -0.25) is 9.59 Å². The van der Waals surface area contributed by atoms with Crippen LogP contribution in [0.4, 0.5) is 4.39 Å². The number of unbranched alkanes of at least 4 members (excludes halogenated alkanes) is 2. The van der Waals surface area contributed by atoms with Crippen molar-refractivity contribution in [2.24, 2.45) is 0 Å². The van der Waals surface area contributed by atoms with Crippen LogP contribution in [0.15, 0.2) is 54.1 Å². The van der Waals surface area contributed by atoms with Crippen LogP contribution in [0.2, 0.25) is 0 Å². The number of aliphatic hydroxyl groups is 1. The summed E-state index contributed by atoms with van der Waals surface area (Å²) >= 11 is 0. The van der Waals surface area contributed by atoms with Crippen LogP contribution < -0.4 is 9.84 Å². The first-order valence-corrected chi connectivity index (χ1v) is 10.2. The molecular weight excluding hydrogens is 417 g/mol. The van der Waals surface area contributed by atoms with Crippen LogP contribution in [0.5, 0.6) is 5.75 Å². The molecule has 1 N–H and O–H groups in total. The number of Topliss-reactive ketones (excluding diaryl/α,β-unsaturated/α-hetero) is 1. The van der Waals surface area contributed by atoms with Crippen LogP contribution >= 0.6 is 0 Å². The van der Waals surface area contributed by atoms with Gasteiger partial charge in [0.25, 0.3) is 11.7 Å². The molecule has 0 spiro atoms. The molecule has 2 aromatic carbocycles. The van der Waals surface area contributed by atoms with Crippen molar-refractivity contribution in [1.82, 2.24) is 4.90 Å². The number of carboxylic acid groups (broad SMARTS) is 1. The van der Waals surface area contributed by atoms with Crippen LogP contribution in [-0.4, -0.2) is 41.3 Å². The second kappa shape index (κ2) is 10.1. The maximum absolute atomic E-state index is 13.5. The molecule has 0 saturated carbocycles. The van der Waals surface area contributed by atoms with Gasteiger partial charge in [0.2, 0.25) is 0 Å². The maximum Gasteiger partial charge on any atom is 0.295 e. The Balaban J connectivity index is 1.96. The van der Waals surface area contributed by atoms with E-state index in [2.05, 4.69) is 0 Å². The lowest BCUT2D eigenvalue weighted by molar-refractivity contribution is -0.305. The highest BCUT2D eigenvalue weighted by Crippen LogP contribution is 2.39. The normalized spacial score (nSPS) is 17.6. The molecule has 1 saturated heterocycles. The molecule has 168 valence electrons. The smallest absolute Gasteiger partial charge is 0.295 e. The summed E-state index contributed by atoms with van der Waals surface area (Å²) in [5.74, 6) is -2.98. The van der Waals surface area contributed by atoms with Crippen LogP contribution in [-0.2, 0) is 14.4 Å². The van der Waals surface area contributed by atoms with Gasteiger partial charge in [-0.1, -0.05) is 18.6 Å². The van der Waals surface area contributed by atoms with E-state index in [4.69, 9.17) is 4.74 Å². The van der Waals surface area contributed by atoms with E-state index in [0.29, 0.717) is 36.1 Å². The molecule has 3 rings (SSSR count). The zero-order chi connectivity index (χ0) is 23.3. The van der Waals surface area contributed by atoms with Crippen molar-refractivity contribution in [3.63, 3.8) is 0 Å². The summed E-state index contributed by atoms with van der Waals surface area (Å²) < 4.78 is 18.6. The highest BCUT2D eigenvalue weighted by atomic mass is 19.1. The van der Waals surface area contributed by atoms with E-state index < -0.39 is 29.5 Å². The Labute approximate surface area is 184 Å². The average Bonchev–Trinajstić information content (AvgIpc) is 3.03. The van der Waals surface area contributed by atoms with Gasteiger partial charge in [0.15, 0.2) is 0 Å². The Bertz CT molecular complexity index is 1030. The molecule has 32 heavy (non-hydrogen) atoms. The maximum atomic E-state index is 13.5. The fourth-order valence-corrected chi connectivity index (χ4v) is 3.73. The Hall–Kier alpha value is -3.68. The number of benzene rings is 2. The van der Waals surface area contributed by atoms with Crippen molar-refractivity contribution in [3.8, 4) is 5.75 Å². The summed E-state index contributed by atoms with van der Waals surface area (Å²) in [6.07, 6.45) is 1.28. The second-order valence-electron chi connectivity index (χ2n) is 7.46. The zero-order valence-electron chi connectivity index (χ0n) is 17.5. The number of ketones is 1. The number of carbonyl (C=O) groups excluding carboxylic acids is 3. The largest absolute Gasteiger partial charge is 0.550 e. The Morgan fingerprint density at radius 2 is 1.72 bits per heavy atom. The number of carboxylic acids is 1. The summed E-state index contributed by atoms with van der Waals surface area (Å²) in [6, 6.07) is 10.9. The lowest BCUT2D eigenvalue weighted by Gasteiger charge is -2.25. The van der Waals surface area contributed by atoms with Gasteiger partial charge in [0.1, 0.15) is 17.3 Å². The van der Waals surface area contributed by atoms with Gasteiger partial charge in [-0.25, -0.2) is 4.39 Å². The van der Waals surface area contributed by atoms with Gasteiger partial charge in [0, 0.05) is 18.1 Å². The van der Waals surface area contributed by atoms with E-state index >= 15 is 0 Å². The minimum atomic E-state index is -1.14. The summed E-state index contributed by atoms with van der Waals surface area (Å²) in [5, 5.41) is 21.5. The number of rotatable bonds is 9. The Morgan fingerprint density at radius 1 is 1.06 bits per heavy atom. The molecule has 7 nitrogen and oxygen atoms in total. The molecule has 2 aromatic rings. The van der Waals surface area contributed by atoms with Gasteiger partial charge in [-0.05, 0) is 61.2 Å². The molecule has 0 aliphatic carbocycles. The molecule has 1 unspecified atom stereocenters. The van der Waals surface area contributed by atoms with Gasteiger partial charge >= 0.3 is 0 Å². The van der Waals surface area contributed by atoms with Crippen LogP contribution in [0, 0.1) is 5.82 Å². The van der Waals surface area contributed by atoms with Crippen molar-refractivity contribution >= 4 is 23.4 Å². The predicted octanol–water partition coefficient (Wildman–Crippen LogP) is 2.57. The topological polar surface area (TPSA) is 107 Å². The molecule has 1 aliphatic rings. The van der Waals surface area contributed by atoms with E-state index in [9.17, 15) is 29.0 Å². The molecule has 1 fully saturated rings. The van der Waals surface area contributed by atoms with Crippen LogP contribution in [0.3, 0.4) is 0 Å². The van der Waals surface area contributed by atoms with Crippen molar-refractivity contribution in [2.75, 3.05) is 13.7 Å². The molecule has 0 aromatic heterocycles. The van der Waals surface area contributed by atoms with Gasteiger partial charge in [-0.2, -0.15) is 0 Å². The molecule has 1 amide bonds. The molecule has 1 atom stereocenters. The quantitative estimate of drug-likeness (QED) is 0.278. The first kappa shape index (κ1) is 23.0. The first-order chi connectivity index (χ1) is 15.3. The number of ether oxygens (including phenoxy) is 1. The molecule has 0 radical (unpaired) electrons. The fourth-order valence-electron chi connectivity index (χ4n) is 3.73.